The highest BCUT2D eigenvalue weighted by Gasteiger charge is 2.72. The lowest BCUT2D eigenvalue weighted by Crippen LogP contribution is -2.61. The summed E-state index contributed by atoms with van der Waals surface area (Å²) in [5.41, 5.74) is 1.15. The van der Waals surface area contributed by atoms with Gasteiger partial charge in [-0.05, 0) is 34.7 Å². The first-order valence-electron chi connectivity index (χ1n) is 8.72. The van der Waals surface area contributed by atoms with Crippen LogP contribution in [0.3, 0.4) is 0 Å². The average Bonchev–Trinajstić information content (AvgIpc) is 3.42. The van der Waals surface area contributed by atoms with Gasteiger partial charge in [0.15, 0.2) is 0 Å². The van der Waals surface area contributed by atoms with Crippen molar-refractivity contribution < 1.29 is 9.21 Å². The molecule has 1 unspecified atom stereocenters. The molecule has 5 rings (SSSR count). The molecule has 27 heavy (non-hydrogen) atoms. The standard InChI is InChI=1S/C23H16O2S2/c24-21-22(17-9-3-1-4-10-17,18-11-5-2-6-12-18)23(27-21,19-13-7-15-25-19)20-14-8-16-26-20/h1-16H. The van der Waals surface area contributed by atoms with Crippen molar-refractivity contribution in [3.8, 4) is 0 Å². The maximum Gasteiger partial charge on any atom is 0.207 e. The van der Waals surface area contributed by atoms with Crippen LogP contribution in [0, 0.1) is 0 Å². The van der Waals surface area contributed by atoms with Crippen LogP contribution in [0.1, 0.15) is 21.8 Å². The van der Waals surface area contributed by atoms with E-state index >= 15 is 0 Å². The first kappa shape index (κ1) is 16.6. The van der Waals surface area contributed by atoms with E-state index < -0.39 is 10.2 Å². The van der Waals surface area contributed by atoms with Gasteiger partial charge in [-0.1, -0.05) is 78.5 Å². The van der Waals surface area contributed by atoms with Gasteiger partial charge < -0.3 is 4.42 Å². The van der Waals surface area contributed by atoms with Gasteiger partial charge in [-0.3, -0.25) is 4.79 Å². The van der Waals surface area contributed by atoms with Crippen LogP contribution in [0.15, 0.2) is 101 Å². The number of rotatable bonds is 4. The Morgan fingerprint density at radius 2 is 1.41 bits per heavy atom. The summed E-state index contributed by atoms with van der Waals surface area (Å²) in [6, 6.07) is 28.2. The lowest BCUT2D eigenvalue weighted by Gasteiger charge is -2.55. The highest BCUT2D eigenvalue weighted by atomic mass is 32.2. The van der Waals surface area contributed by atoms with E-state index in [9.17, 15) is 4.79 Å². The molecule has 2 aromatic carbocycles. The smallest absolute Gasteiger partial charge is 0.207 e. The Hall–Kier alpha value is -2.56. The van der Waals surface area contributed by atoms with E-state index in [-0.39, 0.29) is 5.12 Å². The molecule has 132 valence electrons. The maximum atomic E-state index is 13.5. The Morgan fingerprint density at radius 1 is 0.741 bits per heavy atom. The number of hydrogen-bond acceptors (Lipinski definition) is 4. The fourth-order valence-corrected chi connectivity index (χ4v) is 6.81. The van der Waals surface area contributed by atoms with E-state index in [2.05, 4.69) is 35.7 Å². The van der Waals surface area contributed by atoms with Gasteiger partial charge >= 0.3 is 0 Å². The number of carbonyl (C=O) groups is 1. The highest BCUT2D eigenvalue weighted by Crippen LogP contribution is 2.70. The minimum absolute atomic E-state index is 0.143. The molecule has 4 aromatic rings. The molecule has 0 aliphatic carbocycles. The van der Waals surface area contributed by atoms with Gasteiger partial charge in [0.1, 0.15) is 15.9 Å². The molecule has 0 N–H and O–H groups in total. The molecule has 0 spiro atoms. The third kappa shape index (κ3) is 2.11. The number of carbonyl (C=O) groups excluding carboxylic acids is 1. The summed E-state index contributed by atoms with van der Waals surface area (Å²) in [6.07, 6.45) is 1.69. The maximum absolute atomic E-state index is 13.5. The SMILES string of the molecule is O=C1SC(c2ccco2)(c2cccs2)C1(c1ccccc1)c1ccccc1. The van der Waals surface area contributed by atoms with Crippen LogP contribution >= 0.6 is 23.1 Å². The molecule has 1 aliphatic heterocycles. The van der Waals surface area contributed by atoms with Crippen LogP contribution in [0.5, 0.6) is 0 Å². The predicted octanol–water partition coefficient (Wildman–Crippen LogP) is 5.84. The molecule has 0 saturated carbocycles. The summed E-state index contributed by atoms with van der Waals surface area (Å²) in [5, 5.41) is 2.20. The van der Waals surface area contributed by atoms with Crippen molar-refractivity contribution in [2.24, 2.45) is 0 Å². The van der Waals surface area contributed by atoms with Crippen molar-refractivity contribution in [3.63, 3.8) is 0 Å². The number of hydrogen-bond donors (Lipinski definition) is 0. The van der Waals surface area contributed by atoms with E-state index in [4.69, 9.17) is 4.42 Å². The Labute approximate surface area is 165 Å². The van der Waals surface area contributed by atoms with E-state index in [1.54, 1.807) is 17.6 Å². The summed E-state index contributed by atoms with van der Waals surface area (Å²) in [7, 11) is 0. The molecule has 1 atom stereocenters. The number of thiophene rings is 1. The molecule has 1 saturated heterocycles. The number of benzene rings is 2. The molecular weight excluding hydrogens is 372 g/mol. The molecular formula is C23H16O2S2. The van der Waals surface area contributed by atoms with Crippen molar-refractivity contribution in [3.05, 3.63) is 118 Å². The van der Waals surface area contributed by atoms with E-state index in [1.165, 1.54) is 11.8 Å². The summed E-state index contributed by atoms with van der Waals surface area (Å²) in [5.74, 6) is 0.808. The molecule has 0 bridgehead atoms. The van der Waals surface area contributed by atoms with Crippen molar-refractivity contribution >= 4 is 28.2 Å². The highest BCUT2D eigenvalue weighted by molar-refractivity contribution is 8.17. The molecule has 2 nitrogen and oxygen atoms in total. The van der Waals surface area contributed by atoms with E-state index in [1.807, 2.05) is 54.6 Å². The summed E-state index contributed by atoms with van der Waals surface area (Å²) >= 11 is 3.03. The van der Waals surface area contributed by atoms with Gasteiger partial charge in [0.25, 0.3) is 0 Å². The van der Waals surface area contributed by atoms with Crippen LogP contribution in [-0.4, -0.2) is 5.12 Å². The molecule has 1 fully saturated rings. The molecule has 0 amide bonds. The quantitative estimate of drug-likeness (QED) is 0.440. The van der Waals surface area contributed by atoms with Crippen molar-refractivity contribution in [1.29, 1.82) is 0 Å². The van der Waals surface area contributed by atoms with E-state index in [0.717, 1.165) is 21.8 Å². The first-order valence-corrected chi connectivity index (χ1v) is 10.4. The van der Waals surface area contributed by atoms with Gasteiger partial charge in [0.2, 0.25) is 5.12 Å². The normalized spacial score (nSPS) is 21.0. The summed E-state index contributed by atoms with van der Waals surface area (Å²) < 4.78 is 5.32. The molecule has 0 radical (unpaired) electrons. The second-order valence-corrected chi connectivity index (χ2v) is 8.64. The fourth-order valence-electron chi connectivity index (χ4n) is 4.12. The van der Waals surface area contributed by atoms with Crippen LogP contribution in [-0.2, 0) is 15.0 Å². The monoisotopic (exact) mass is 388 g/mol. The fraction of sp³-hybridized carbons (Fsp3) is 0.0870. The van der Waals surface area contributed by atoms with Crippen LogP contribution in [0.25, 0.3) is 0 Å². The average molecular weight is 389 g/mol. The van der Waals surface area contributed by atoms with Crippen LogP contribution in [0.4, 0.5) is 0 Å². The third-order valence-corrected chi connectivity index (χ3v) is 7.87. The van der Waals surface area contributed by atoms with Crippen molar-refractivity contribution in [2.75, 3.05) is 0 Å². The Balaban J connectivity index is 1.90. The Kier molecular flexibility index (Phi) is 3.85. The third-order valence-electron chi connectivity index (χ3n) is 5.23. The Morgan fingerprint density at radius 3 is 1.89 bits per heavy atom. The molecule has 4 heteroatoms. The zero-order valence-corrected chi connectivity index (χ0v) is 16.0. The van der Waals surface area contributed by atoms with Gasteiger partial charge in [-0.25, -0.2) is 0 Å². The molecule has 2 aromatic heterocycles. The second kappa shape index (κ2) is 6.25. The molecule has 3 heterocycles. The first-order chi connectivity index (χ1) is 13.3. The van der Waals surface area contributed by atoms with Crippen LogP contribution in [0.2, 0.25) is 0 Å². The summed E-state index contributed by atoms with van der Waals surface area (Å²) in [4.78, 5) is 14.6. The van der Waals surface area contributed by atoms with Gasteiger partial charge in [0.05, 0.1) is 6.26 Å². The Bertz CT molecular complexity index is 979. The summed E-state index contributed by atoms with van der Waals surface area (Å²) in [6.45, 7) is 0. The van der Waals surface area contributed by atoms with Gasteiger partial charge in [-0.2, -0.15) is 0 Å². The second-order valence-electron chi connectivity index (χ2n) is 6.51. The van der Waals surface area contributed by atoms with Crippen molar-refractivity contribution in [2.45, 2.75) is 10.2 Å². The predicted molar refractivity (Wildman–Crippen MR) is 110 cm³/mol. The lowest BCUT2D eigenvalue weighted by molar-refractivity contribution is -0.118. The largest absolute Gasteiger partial charge is 0.467 e. The minimum atomic E-state index is -0.830. The minimum Gasteiger partial charge on any atom is -0.467 e. The molecule has 1 aliphatic rings. The zero-order chi connectivity index (χ0) is 18.3. The van der Waals surface area contributed by atoms with Crippen molar-refractivity contribution in [1.82, 2.24) is 0 Å². The van der Waals surface area contributed by atoms with Gasteiger partial charge in [-0.15, -0.1) is 11.3 Å². The van der Waals surface area contributed by atoms with E-state index in [0.29, 0.717) is 0 Å². The topological polar surface area (TPSA) is 30.2 Å². The van der Waals surface area contributed by atoms with Gasteiger partial charge in [0, 0.05) is 4.88 Å². The zero-order valence-electron chi connectivity index (χ0n) is 14.4. The lowest BCUT2D eigenvalue weighted by atomic mass is 9.63. The number of furan rings is 1. The van der Waals surface area contributed by atoms with Crippen LogP contribution < -0.4 is 0 Å². The number of thioether (sulfide) groups is 1.